The van der Waals surface area contributed by atoms with Crippen LogP contribution in [0.5, 0.6) is 0 Å². The number of hydrogen-bond donors (Lipinski definition) is 1. The van der Waals surface area contributed by atoms with Crippen LogP contribution in [0.1, 0.15) is 49.1 Å². The van der Waals surface area contributed by atoms with Crippen molar-refractivity contribution < 1.29 is 18.3 Å². The lowest BCUT2D eigenvalue weighted by Crippen LogP contribution is -2.37. The maximum atomic E-state index is 13.2. The number of benzene rings is 4. The summed E-state index contributed by atoms with van der Waals surface area (Å²) in [6, 6.07) is 33.2. The van der Waals surface area contributed by atoms with Crippen LogP contribution in [0, 0.1) is 5.92 Å². The van der Waals surface area contributed by atoms with Gasteiger partial charge in [-0.25, -0.2) is 17.5 Å². The van der Waals surface area contributed by atoms with E-state index in [0.29, 0.717) is 30.4 Å². The third kappa shape index (κ3) is 8.93. The van der Waals surface area contributed by atoms with Gasteiger partial charge in [-0.15, -0.1) is 0 Å². The van der Waals surface area contributed by atoms with E-state index in [1.807, 2.05) is 42.5 Å². The summed E-state index contributed by atoms with van der Waals surface area (Å²) in [6.07, 6.45) is 4.12. The molecule has 1 unspecified atom stereocenters. The smallest absolute Gasteiger partial charge is 0.407 e. The maximum absolute atomic E-state index is 13.2. The summed E-state index contributed by atoms with van der Waals surface area (Å²) in [4.78, 5) is 16.4. The Morgan fingerprint density at radius 1 is 0.889 bits per heavy atom. The molecule has 0 spiro atoms. The predicted octanol–water partition coefficient (Wildman–Crippen LogP) is 7.31. The molecule has 4 aromatic carbocycles. The number of sulfonamides is 1. The summed E-state index contributed by atoms with van der Waals surface area (Å²) in [5, 5.41) is 12.1. The molecule has 0 radical (unpaired) electrons. The zero-order valence-electron chi connectivity index (χ0n) is 26.2. The molecule has 1 fully saturated rings. The molecule has 0 aromatic heterocycles. The van der Waals surface area contributed by atoms with Crippen molar-refractivity contribution in [3.63, 3.8) is 0 Å². The molecule has 1 amide bonds. The van der Waals surface area contributed by atoms with Crippen LogP contribution in [0.4, 0.5) is 4.79 Å². The number of likely N-dealkylation sites (N-methyl/N-ethyl adjacent to an activating group) is 1. The molecular formula is C37H45N3O4S. The molecule has 0 bridgehead atoms. The molecule has 45 heavy (non-hydrogen) atoms. The monoisotopic (exact) mass is 627 g/mol. The molecule has 0 saturated carbocycles. The second-order valence-electron chi connectivity index (χ2n) is 12.3. The Labute approximate surface area is 268 Å². The Balaban J connectivity index is 1.08. The lowest BCUT2D eigenvalue weighted by atomic mass is 9.91. The number of carboxylic acid groups (broad SMARTS) is 1. The van der Waals surface area contributed by atoms with Gasteiger partial charge in [0.15, 0.2) is 0 Å². The molecule has 1 saturated heterocycles. The average Bonchev–Trinajstić information content (AvgIpc) is 3.07. The summed E-state index contributed by atoms with van der Waals surface area (Å²) in [7, 11) is -1.88. The quantitative estimate of drug-likeness (QED) is 0.159. The van der Waals surface area contributed by atoms with E-state index in [4.69, 9.17) is 0 Å². The van der Waals surface area contributed by atoms with Crippen molar-refractivity contribution in [3.8, 4) is 0 Å². The minimum absolute atomic E-state index is 0.0945. The fraction of sp³-hybridized carbons (Fsp3) is 0.378. The summed E-state index contributed by atoms with van der Waals surface area (Å²) < 4.78 is 27.9. The Bertz CT molecular complexity index is 1620. The van der Waals surface area contributed by atoms with Gasteiger partial charge in [0.25, 0.3) is 0 Å². The Morgan fingerprint density at radius 2 is 1.53 bits per heavy atom. The van der Waals surface area contributed by atoms with Gasteiger partial charge in [-0.1, -0.05) is 84.9 Å². The molecule has 0 aliphatic carbocycles. The summed E-state index contributed by atoms with van der Waals surface area (Å²) in [6.45, 7) is 4.33. The number of likely N-dealkylation sites (tertiary alicyclic amines) is 1. The standard InChI is InChI=1S/C37H45N3O4S/c1-38(45(43,44)36-16-6-3-7-17-36)29-35(32-12-4-2-5-13-32)22-26-39-24-20-30(21-25-39)11-10-23-40(37(41)42)28-31-18-19-33-14-8-9-15-34(33)27-31/h2-9,12-19,27,30,35H,10-11,20-26,28-29H2,1H3,(H,41,42). The normalized spacial score (nSPS) is 15.3. The van der Waals surface area contributed by atoms with Gasteiger partial charge < -0.3 is 14.9 Å². The minimum atomic E-state index is -3.56. The number of fused-ring (bicyclic) bond motifs is 1. The van der Waals surface area contributed by atoms with Crippen molar-refractivity contribution in [2.45, 2.75) is 49.5 Å². The first kappa shape index (κ1) is 32.7. The fourth-order valence-electron chi connectivity index (χ4n) is 6.48. The number of nitrogens with zero attached hydrogens (tertiary/aromatic N) is 3. The highest BCUT2D eigenvalue weighted by molar-refractivity contribution is 7.89. The Morgan fingerprint density at radius 3 is 2.22 bits per heavy atom. The molecule has 5 rings (SSSR count). The first-order valence-electron chi connectivity index (χ1n) is 16.0. The highest BCUT2D eigenvalue weighted by Crippen LogP contribution is 2.27. The molecule has 8 heteroatoms. The summed E-state index contributed by atoms with van der Waals surface area (Å²) in [5.74, 6) is 0.696. The van der Waals surface area contributed by atoms with E-state index in [-0.39, 0.29) is 5.92 Å². The first-order chi connectivity index (χ1) is 21.8. The van der Waals surface area contributed by atoms with Crippen LogP contribution in [-0.4, -0.2) is 73.5 Å². The van der Waals surface area contributed by atoms with Gasteiger partial charge >= 0.3 is 6.09 Å². The lowest BCUT2D eigenvalue weighted by molar-refractivity contribution is 0.136. The number of piperidine rings is 1. The molecule has 4 aromatic rings. The van der Waals surface area contributed by atoms with E-state index < -0.39 is 16.1 Å². The van der Waals surface area contributed by atoms with Crippen LogP contribution in [0.25, 0.3) is 10.8 Å². The van der Waals surface area contributed by atoms with E-state index in [9.17, 15) is 18.3 Å². The van der Waals surface area contributed by atoms with Crippen molar-refractivity contribution in [2.75, 3.05) is 39.8 Å². The molecule has 7 nitrogen and oxygen atoms in total. The third-order valence-electron chi connectivity index (χ3n) is 9.20. The van der Waals surface area contributed by atoms with E-state index in [2.05, 4.69) is 41.3 Å². The Kier molecular flexibility index (Phi) is 11.3. The number of hydrogen-bond acceptors (Lipinski definition) is 4. The highest BCUT2D eigenvalue weighted by atomic mass is 32.2. The van der Waals surface area contributed by atoms with Gasteiger partial charge in [0.1, 0.15) is 0 Å². The van der Waals surface area contributed by atoms with Gasteiger partial charge in [0.2, 0.25) is 10.0 Å². The van der Waals surface area contributed by atoms with Crippen molar-refractivity contribution in [3.05, 3.63) is 114 Å². The zero-order chi connectivity index (χ0) is 31.6. The molecule has 1 N–H and O–H groups in total. The van der Waals surface area contributed by atoms with E-state index in [1.165, 1.54) is 9.21 Å². The van der Waals surface area contributed by atoms with Crippen LogP contribution in [0.3, 0.4) is 0 Å². The predicted molar refractivity (Wildman–Crippen MR) is 181 cm³/mol. The van der Waals surface area contributed by atoms with Crippen molar-refractivity contribution in [1.82, 2.24) is 14.1 Å². The largest absolute Gasteiger partial charge is 0.465 e. The summed E-state index contributed by atoms with van der Waals surface area (Å²) in [5.41, 5.74) is 2.18. The SMILES string of the molecule is CN(CC(CCN1CCC(CCCN(Cc2ccc3ccccc3c2)C(=O)O)CC1)c1ccccc1)S(=O)(=O)c1ccccc1. The molecule has 238 valence electrons. The van der Waals surface area contributed by atoms with Crippen molar-refractivity contribution in [1.29, 1.82) is 0 Å². The van der Waals surface area contributed by atoms with Gasteiger partial charge in [0, 0.05) is 26.7 Å². The average molecular weight is 628 g/mol. The van der Waals surface area contributed by atoms with Crippen LogP contribution < -0.4 is 0 Å². The minimum Gasteiger partial charge on any atom is -0.465 e. The topological polar surface area (TPSA) is 81.2 Å². The van der Waals surface area contributed by atoms with E-state index in [0.717, 1.165) is 73.6 Å². The van der Waals surface area contributed by atoms with Crippen LogP contribution in [0.15, 0.2) is 108 Å². The third-order valence-corrected chi connectivity index (χ3v) is 11.0. The van der Waals surface area contributed by atoms with Gasteiger partial charge in [-0.2, -0.15) is 0 Å². The molecule has 1 heterocycles. The Hall–Kier alpha value is -3.72. The van der Waals surface area contributed by atoms with Gasteiger partial charge in [-0.3, -0.25) is 0 Å². The van der Waals surface area contributed by atoms with Crippen molar-refractivity contribution in [2.24, 2.45) is 5.92 Å². The maximum Gasteiger partial charge on any atom is 0.407 e. The number of amides is 1. The van der Waals surface area contributed by atoms with E-state index >= 15 is 0 Å². The van der Waals surface area contributed by atoms with Crippen molar-refractivity contribution >= 4 is 26.9 Å². The molecular weight excluding hydrogens is 582 g/mol. The zero-order valence-corrected chi connectivity index (χ0v) is 27.0. The van der Waals surface area contributed by atoms with Crippen LogP contribution in [0.2, 0.25) is 0 Å². The number of carbonyl (C=O) groups is 1. The fourth-order valence-corrected chi connectivity index (χ4v) is 7.71. The molecule has 1 aliphatic heterocycles. The van der Waals surface area contributed by atoms with Gasteiger partial charge in [-0.05, 0) is 104 Å². The van der Waals surface area contributed by atoms with E-state index in [1.54, 1.807) is 31.3 Å². The number of rotatable bonds is 14. The molecule has 1 atom stereocenters. The van der Waals surface area contributed by atoms with Crippen LogP contribution >= 0.6 is 0 Å². The second kappa shape index (κ2) is 15.5. The highest BCUT2D eigenvalue weighted by Gasteiger charge is 2.26. The molecule has 1 aliphatic rings. The van der Waals surface area contributed by atoms with Crippen LogP contribution in [-0.2, 0) is 16.6 Å². The first-order valence-corrected chi connectivity index (χ1v) is 17.5. The second-order valence-corrected chi connectivity index (χ2v) is 14.4. The lowest BCUT2D eigenvalue weighted by Gasteiger charge is -2.33. The van der Waals surface area contributed by atoms with Gasteiger partial charge in [0.05, 0.1) is 4.90 Å². The summed E-state index contributed by atoms with van der Waals surface area (Å²) >= 11 is 0.